The summed E-state index contributed by atoms with van der Waals surface area (Å²) in [5, 5.41) is 17.2. The van der Waals surface area contributed by atoms with Gasteiger partial charge >= 0.3 is 6.36 Å². The molecule has 1 amide bonds. The van der Waals surface area contributed by atoms with Crippen LogP contribution in [0.3, 0.4) is 0 Å². The van der Waals surface area contributed by atoms with Gasteiger partial charge in [0.05, 0.1) is 30.2 Å². The lowest BCUT2D eigenvalue weighted by Crippen LogP contribution is -2.53. The van der Waals surface area contributed by atoms with Crippen molar-refractivity contribution in [2.24, 2.45) is 5.92 Å². The van der Waals surface area contributed by atoms with Crippen molar-refractivity contribution in [2.75, 3.05) is 32.8 Å². The predicted molar refractivity (Wildman–Crippen MR) is 142 cm³/mol. The number of halogens is 3. The summed E-state index contributed by atoms with van der Waals surface area (Å²) in [6.45, 7) is 4.43. The van der Waals surface area contributed by atoms with Crippen molar-refractivity contribution in [3.8, 4) is 5.75 Å². The average Bonchev–Trinajstić information content (AvgIpc) is 3.40. The molecule has 13 heteroatoms. The fraction of sp³-hybridized carbons (Fsp3) is 0.519. The van der Waals surface area contributed by atoms with Gasteiger partial charge in [-0.15, -0.1) is 13.2 Å². The SMILES string of the molecule is CC(C)CN(C[C@@H](O)[C@H](Cc1ccccc1)NC(=O)CN[C@H]1CCOC1)S(=O)(=O)c1ccc(OC(F)(F)F)cc1. The van der Waals surface area contributed by atoms with E-state index in [0.29, 0.717) is 13.2 Å². The highest BCUT2D eigenvalue weighted by Crippen LogP contribution is 2.26. The smallest absolute Gasteiger partial charge is 0.406 e. The van der Waals surface area contributed by atoms with Crippen LogP contribution in [0.1, 0.15) is 25.8 Å². The van der Waals surface area contributed by atoms with E-state index >= 15 is 0 Å². The van der Waals surface area contributed by atoms with Crippen molar-refractivity contribution in [1.29, 1.82) is 0 Å². The van der Waals surface area contributed by atoms with E-state index in [1.54, 1.807) is 13.8 Å². The Morgan fingerprint density at radius 2 is 1.80 bits per heavy atom. The number of aliphatic hydroxyl groups is 1. The van der Waals surface area contributed by atoms with E-state index in [9.17, 15) is 31.5 Å². The molecule has 0 bridgehead atoms. The average molecular weight is 588 g/mol. The number of nitrogens with one attached hydrogen (secondary N) is 2. The maximum atomic E-state index is 13.5. The molecule has 0 unspecified atom stereocenters. The first-order valence-electron chi connectivity index (χ1n) is 13.0. The maximum Gasteiger partial charge on any atom is 0.573 e. The summed E-state index contributed by atoms with van der Waals surface area (Å²) in [6, 6.07) is 12.3. The minimum Gasteiger partial charge on any atom is -0.406 e. The van der Waals surface area contributed by atoms with Crippen LogP contribution in [-0.2, 0) is 26.0 Å². The number of carbonyl (C=O) groups excluding carboxylic acids is 1. The topological polar surface area (TPSA) is 117 Å². The third kappa shape index (κ3) is 10.0. The molecular formula is C27H36F3N3O6S. The zero-order valence-corrected chi connectivity index (χ0v) is 23.2. The van der Waals surface area contributed by atoms with Crippen molar-refractivity contribution < 1.29 is 41.0 Å². The monoisotopic (exact) mass is 587 g/mol. The lowest BCUT2D eigenvalue weighted by atomic mass is 10.0. The number of aliphatic hydroxyl groups excluding tert-OH is 1. The van der Waals surface area contributed by atoms with Crippen molar-refractivity contribution in [3.63, 3.8) is 0 Å². The standard InChI is InChI=1S/C27H36F3N3O6S/c1-19(2)16-33(40(36,37)23-10-8-22(9-11-23)39-27(28,29)30)17-25(34)24(14-20-6-4-3-5-7-20)32-26(35)15-31-21-12-13-38-18-21/h3-11,19,21,24-25,31,34H,12-18H2,1-2H3,(H,32,35)/t21-,24-,25+/m0/s1. The number of nitrogens with zero attached hydrogens (tertiary/aromatic N) is 1. The molecule has 1 heterocycles. The Hall–Kier alpha value is -2.71. The van der Waals surface area contributed by atoms with Crippen LogP contribution in [0.5, 0.6) is 5.75 Å². The highest BCUT2D eigenvalue weighted by atomic mass is 32.2. The Morgan fingerprint density at radius 1 is 1.12 bits per heavy atom. The quantitative estimate of drug-likeness (QED) is 0.311. The molecule has 9 nitrogen and oxygen atoms in total. The van der Waals surface area contributed by atoms with Gasteiger partial charge in [0, 0.05) is 25.7 Å². The number of sulfonamides is 1. The molecule has 3 N–H and O–H groups in total. The minimum atomic E-state index is -4.91. The number of benzene rings is 2. The number of amides is 1. The fourth-order valence-corrected chi connectivity index (χ4v) is 5.94. The van der Waals surface area contributed by atoms with Crippen LogP contribution in [0.15, 0.2) is 59.5 Å². The molecule has 3 atom stereocenters. The molecule has 0 aliphatic carbocycles. The van der Waals surface area contributed by atoms with Crippen LogP contribution >= 0.6 is 0 Å². The highest BCUT2D eigenvalue weighted by molar-refractivity contribution is 7.89. The molecule has 1 saturated heterocycles. The van der Waals surface area contributed by atoms with Crippen molar-refractivity contribution >= 4 is 15.9 Å². The van der Waals surface area contributed by atoms with Crippen LogP contribution in [0.4, 0.5) is 13.2 Å². The van der Waals surface area contributed by atoms with Crippen LogP contribution in [0.25, 0.3) is 0 Å². The molecule has 2 aromatic rings. The predicted octanol–water partition coefficient (Wildman–Crippen LogP) is 2.70. The Balaban J connectivity index is 1.77. The zero-order chi connectivity index (χ0) is 29.3. The maximum absolute atomic E-state index is 13.5. The first kappa shape index (κ1) is 31.8. The van der Waals surface area contributed by atoms with Crippen molar-refractivity contribution in [3.05, 3.63) is 60.2 Å². The van der Waals surface area contributed by atoms with Crippen LogP contribution in [-0.4, -0.2) is 81.1 Å². The zero-order valence-electron chi connectivity index (χ0n) is 22.4. The van der Waals surface area contributed by atoms with Crippen LogP contribution in [0, 0.1) is 5.92 Å². The summed E-state index contributed by atoms with van der Waals surface area (Å²) >= 11 is 0. The molecule has 0 aromatic heterocycles. The number of hydrogen-bond donors (Lipinski definition) is 3. The Bertz CT molecular complexity index is 1170. The molecule has 0 saturated carbocycles. The molecule has 0 radical (unpaired) electrons. The molecule has 1 fully saturated rings. The second kappa shape index (κ2) is 14.3. The first-order valence-corrected chi connectivity index (χ1v) is 14.5. The molecule has 222 valence electrons. The van der Waals surface area contributed by atoms with E-state index in [-0.39, 0.29) is 48.8 Å². The molecule has 1 aliphatic heterocycles. The van der Waals surface area contributed by atoms with Gasteiger partial charge in [-0.05, 0) is 48.6 Å². The summed E-state index contributed by atoms with van der Waals surface area (Å²) in [4.78, 5) is 12.5. The summed E-state index contributed by atoms with van der Waals surface area (Å²) in [7, 11) is -4.21. The van der Waals surface area contributed by atoms with Gasteiger partial charge in [-0.3, -0.25) is 4.79 Å². The van der Waals surface area contributed by atoms with Gasteiger partial charge in [0.15, 0.2) is 0 Å². The summed E-state index contributed by atoms with van der Waals surface area (Å²) in [5.74, 6) is -1.04. The summed E-state index contributed by atoms with van der Waals surface area (Å²) in [6.07, 6.45) is -5.17. The van der Waals surface area contributed by atoms with E-state index in [1.165, 1.54) is 0 Å². The van der Waals surface area contributed by atoms with E-state index in [1.807, 2.05) is 30.3 Å². The third-order valence-corrected chi connectivity index (χ3v) is 8.09. The summed E-state index contributed by atoms with van der Waals surface area (Å²) in [5.41, 5.74) is 0.836. The molecule has 2 aromatic carbocycles. The number of hydrogen-bond acceptors (Lipinski definition) is 7. The molecule has 0 spiro atoms. The Morgan fingerprint density at radius 3 is 2.38 bits per heavy atom. The number of ether oxygens (including phenoxy) is 2. The van der Waals surface area contributed by atoms with Gasteiger partial charge < -0.3 is 25.2 Å². The normalized spacial score (nSPS) is 17.6. The highest BCUT2D eigenvalue weighted by Gasteiger charge is 2.33. The third-order valence-electron chi connectivity index (χ3n) is 6.24. The lowest BCUT2D eigenvalue weighted by molar-refractivity contribution is -0.274. The molecule has 3 rings (SSSR count). The van der Waals surface area contributed by atoms with Crippen molar-refractivity contribution in [2.45, 2.75) is 56.1 Å². The number of rotatable bonds is 14. The second-order valence-electron chi connectivity index (χ2n) is 10.1. The Labute approximate surface area is 232 Å². The van der Waals surface area contributed by atoms with Gasteiger partial charge in [0.2, 0.25) is 15.9 Å². The molecule has 40 heavy (non-hydrogen) atoms. The second-order valence-corrected chi connectivity index (χ2v) is 12.0. The van der Waals surface area contributed by atoms with Gasteiger partial charge in [-0.2, -0.15) is 4.31 Å². The van der Waals surface area contributed by atoms with Crippen molar-refractivity contribution in [1.82, 2.24) is 14.9 Å². The summed E-state index contributed by atoms with van der Waals surface area (Å²) < 4.78 is 74.8. The van der Waals surface area contributed by atoms with E-state index in [2.05, 4.69) is 15.4 Å². The minimum absolute atomic E-state index is 0.00634. The molecule has 1 aliphatic rings. The number of carbonyl (C=O) groups is 1. The van der Waals surface area contributed by atoms with Gasteiger partial charge in [0.1, 0.15) is 5.75 Å². The molecular weight excluding hydrogens is 551 g/mol. The first-order chi connectivity index (χ1) is 18.8. The fourth-order valence-electron chi connectivity index (χ4n) is 4.32. The van der Waals surface area contributed by atoms with Crippen LogP contribution in [0.2, 0.25) is 0 Å². The van der Waals surface area contributed by atoms with E-state index in [0.717, 1.165) is 40.6 Å². The van der Waals surface area contributed by atoms with Gasteiger partial charge in [0.25, 0.3) is 0 Å². The lowest BCUT2D eigenvalue weighted by Gasteiger charge is -2.31. The Kier molecular flexibility index (Phi) is 11.3. The number of alkyl halides is 3. The van der Waals surface area contributed by atoms with E-state index < -0.39 is 34.3 Å². The van der Waals surface area contributed by atoms with Crippen LogP contribution < -0.4 is 15.4 Å². The van der Waals surface area contributed by atoms with Gasteiger partial charge in [-0.25, -0.2) is 8.42 Å². The van der Waals surface area contributed by atoms with E-state index in [4.69, 9.17) is 4.74 Å². The largest absolute Gasteiger partial charge is 0.573 e. The van der Waals surface area contributed by atoms with Gasteiger partial charge in [-0.1, -0.05) is 44.2 Å².